The highest BCUT2D eigenvalue weighted by atomic mass is 32.2. The third-order valence-electron chi connectivity index (χ3n) is 4.55. The molecule has 14 heteroatoms. The second kappa shape index (κ2) is 8.47. The number of hydrogen-bond acceptors (Lipinski definition) is 10. The van der Waals surface area contributed by atoms with Crippen LogP contribution in [0.2, 0.25) is 0 Å². The predicted octanol–water partition coefficient (Wildman–Crippen LogP) is -6.59. The molecule has 2 aliphatic rings. The molecule has 0 aromatic heterocycles. The molecule has 1 saturated heterocycles. The van der Waals surface area contributed by atoms with Crippen LogP contribution in [0.1, 0.15) is 26.7 Å². The summed E-state index contributed by atoms with van der Waals surface area (Å²) in [6.07, 6.45) is -0.164. The molecule has 142 valence electrons. The van der Waals surface area contributed by atoms with Crippen LogP contribution in [0.3, 0.4) is 0 Å². The standard InChI is InChI=1S/C10H25N7O6S/c1-5(2)14-10(24-13-12-14)11-9-7(16(20)21)3-6(15(18)19)4-8(9)17(22)23/h5-13,15-18,20,22H,3-4H2,1-2H3/p+1. The highest BCUT2D eigenvalue weighted by Crippen LogP contribution is 2.17. The van der Waals surface area contributed by atoms with Crippen molar-refractivity contribution in [2.75, 3.05) is 0 Å². The van der Waals surface area contributed by atoms with Crippen molar-refractivity contribution in [3.8, 4) is 0 Å². The maximum absolute atomic E-state index is 11.6. The first-order valence-electron chi connectivity index (χ1n) is 7.70. The molecular weight excluding hydrogens is 346 g/mol. The Morgan fingerprint density at radius 3 is 2.04 bits per heavy atom. The second-order valence-electron chi connectivity index (χ2n) is 6.42. The van der Waals surface area contributed by atoms with Gasteiger partial charge in [0.1, 0.15) is 30.2 Å². The zero-order chi connectivity index (χ0) is 18.0. The molecule has 0 bridgehead atoms. The van der Waals surface area contributed by atoms with Crippen molar-refractivity contribution >= 4 is 11.9 Å². The van der Waals surface area contributed by atoms with Crippen LogP contribution in [0.5, 0.6) is 0 Å². The molecule has 13 nitrogen and oxygen atoms in total. The average molecular weight is 372 g/mol. The quantitative estimate of drug-likeness (QED) is 0.159. The lowest BCUT2D eigenvalue weighted by Gasteiger charge is -2.44. The van der Waals surface area contributed by atoms with Crippen LogP contribution in [0.15, 0.2) is 0 Å². The first-order chi connectivity index (χ1) is 11.2. The minimum Gasteiger partial charge on any atom is -0.600 e. The number of rotatable bonds is 6. The Hall–Kier alpha value is -0.170. The summed E-state index contributed by atoms with van der Waals surface area (Å²) in [6, 6.07) is -3.80. The highest BCUT2D eigenvalue weighted by molar-refractivity contribution is 7.97. The zero-order valence-electron chi connectivity index (χ0n) is 13.4. The molecule has 0 spiro atoms. The van der Waals surface area contributed by atoms with Crippen molar-refractivity contribution in [3.05, 3.63) is 15.6 Å². The van der Waals surface area contributed by atoms with E-state index in [1.807, 2.05) is 13.8 Å². The van der Waals surface area contributed by atoms with E-state index in [-0.39, 0.29) is 24.4 Å². The number of hydrazine groups is 1. The van der Waals surface area contributed by atoms with Gasteiger partial charge in [-0.25, -0.2) is 41.6 Å². The van der Waals surface area contributed by atoms with Crippen LogP contribution in [0, 0.1) is 15.6 Å². The molecule has 7 unspecified atom stereocenters. The molecule has 0 aromatic carbocycles. The SMILES string of the molecule is CC(C)[NH+]1NNSC1NC1C([NH+]([O-])O)CC([NH+]([O-])O)CC1[NH+]([O-])O. The Balaban J connectivity index is 2.19. The summed E-state index contributed by atoms with van der Waals surface area (Å²) in [5, 5.41) is 63.1. The van der Waals surface area contributed by atoms with Crippen molar-refractivity contribution in [2.24, 2.45) is 0 Å². The van der Waals surface area contributed by atoms with Crippen molar-refractivity contribution < 1.29 is 36.3 Å². The van der Waals surface area contributed by atoms with E-state index in [0.717, 1.165) is 5.01 Å². The Labute approximate surface area is 142 Å². The number of quaternary nitrogens is 4. The van der Waals surface area contributed by atoms with Crippen LogP contribution in [0.25, 0.3) is 0 Å². The molecule has 1 aliphatic heterocycles. The third-order valence-corrected chi connectivity index (χ3v) is 5.39. The Kier molecular flexibility index (Phi) is 7.11. The fraction of sp³-hybridized carbons (Fsp3) is 1.00. The van der Waals surface area contributed by atoms with Crippen molar-refractivity contribution in [1.29, 1.82) is 0 Å². The van der Waals surface area contributed by atoms with Gasteiger partial charge in [0.2, 0.25) is 5.50 Å². The number of nitrogens with one attached hydrogen (secondary N) is 7. The summed E-state index contributed by atoms with van der Waals surface area (Å²) in [4.78, 5) is 2.89. The van der Waals surface area contributed by atoms with Crippen LogP contribution in [0.4, 0.5) is 0 Å². The Morgan fingerprint density at radius 2 is 1.62 bits per heavy atom. The molecule has 10 N–H and O–H groups in total. The minimum atomic E-state index is -1.18. The second-order valence-corrected chi connectivity index (χ2v) is 7.33. The van der Waals surface area contributed by atoms with Gasteiger partial charge in [-0.2, -0.15) is 0 Å². The molecule has 1 saturated carbocycles. The minimum absolute atomic E-state index is 0.0820. The van der Waals surface area contributed by atoms with Crippen LogP contribution in [-0.2, 0) is 0 Å². The fourth-order valence-corrected chi connectivity index (χ4v) is 4.23. The highest BCUT2D eigenvalue weighted by Gasteiger charge is 2.50. The van der Waals surface area contributed by atoms with Crippen LogP contribution in [-0.4, -0.2) is 51.3 Å². The first-order valence-corrected chi connectivity index (χ1v) is 8.58. The van der Waals surface area contributed by atoms with Gasteiger partial charge in [0, 0.05) is 11.9 Å². The van der Waals surface area contributed by atoms with Gasteiger partial charge in [0.05, 0.1) is 12.8 Å². The zero-order valence-corrected chi connectivity index (χ0v) is 14.2. The number of hydroxylamine groups is 6. The lowest BCUT2D eigenvalue weighted by Crippen LogP contribution is -3.25. The number of hydrogen-bond donors (Lipinski definition) is 10. The van der Waals surface area contributed by atoms with Gasteiger partial charge in [-0.15, -0.1) is 4.83 Å². The topological polar surface area (TPSA) is 184 Å². The summed E-state index contributed by atoms with van der Waals surface area (Å²) in [6.45, 7) is 3.94. The van der Waals surface area contributed by atoms with Crippen molar-refractivity contribution in [1.82, 2.24) is 15.7 Å². The maximum Gasteiger partial charge on any atom is 0.224 e. The molecule has 7 atom stereocenters. The van der Waals surface area contributed by atoms with Gasteiger partial charge in [0.15, 0.2) is 0 Å². The molecule has 0 amide bonds. The molecule has 1 aliphatic carbocycles. The van der Waals surface area contributed by atoms with Crippen LogP contribution >= 0.6 is 11.9 Å². The lowest BCUT2D eigenvalue weighted by atomic mass is 9.83. The Morgan fingerprint density at radius 1 is 1.08 bits per heavy atom. The van der Waals surface area contributed by atoms with Gasteiger partial charge in [-0.05, 0) is 13.8 Å². The van der Waals surface area contributed by atoms with Crippen LogP contribution < -0.4 is 36.4 Å². The van der Waals surface area contributed by atoms with E-state index >= 15 is 0 Å². The van der Waals surface area contributed by atoms with E-state index in [4.69, 9.17) is 0 Å². The summed E-state index contributed by atoms with van der Waals surface area (Å²) in [7, 11) is 0. The normalized spacial score (nSPS) is 41.4. The summed E-state index contributed by atoms with van der Waals surface area (Å²) >= 11 is 1.30. The largest absolute Gasteiger partial charge is 0.600 e. The summed E-state index contributed by atoms with van der Waals surface area (Å²) in [5.74, 6) is 0. The van der Waals surface area contributed by atoms with Crippen molar-refractivity contribution in [3.63, 3.8) is 0 Å². The molecule has 2 fully saturated rings. The molecule has 24 heavy (non-hydrogen) atoms. The summed E-state index contributed by atoms with van der Waals surface area (Å²) < 4.78 is 0. The fourth-order valence-electron chi connectivity index (χ4n) is 3.25. The third kappa shape index (κ3) is 4.51. The van der Waals surface area contributed by atoms with Gasteiger partial charge in [-0.3, -0.25) is 0 Å². The van der Waals surface area contributed by atoms with Gasteiger partial charge in [0.25, 0.3) is 0 Å². The molecule has 0 aromatic rings. The van der Waals surface area contributed by atoms with Gasteiger partial charge < -0.3 is 15.6 Å². The van der Waals surface area contributed by atoms with E-state index in [2.05, 4.69) is 15.7 Å². The van der Waals surface area contributed by atoms with Gasteiger partial charge >= 0.3 is 0 Å². The Bertz CT molecular complexity index is 388. The smallest absolute Gasteiger partial charge is 0.224 e. The monoisotopic (exact) mass is 372 g/mol. The van der Waals surface area contributed by atoms with E-state index < -0.39 is 39.8 Å². The first kappa shape index (κ1) is 20.1. The van der Waals surface area contributed by atoms with Crippen molar-refractivity contribution in [2.45, 2.75) is 62.4 Å². The van der Waals surface area contributed by atoms with E-state index in [0.29, 0.717) is 0 Å². The molecular formula is C10H26N7O6S+. The maximum atomic E-state index is 11.6. The van der Waals surface area contributed by atoms with E-state index in [1.54, 1.807) is 0 Å². The predicted molar refractivity (Wildman–Crippen MR) is 79.6 cm³/mol. The van der Waals surface area contributed by atoms with E-state index in [9.17, 15) is 31.2 Å². The summed E-state index contributed by atoms with van der Waals surface area (Å²) in [5.41, 5.74) is 2.70. The molecule has 2 rings (SSSR count). The lowest BCUT2D eigenvalue weighted by molar-refractivity contribution is -1.11. The average Bonchev–Trinajstić information content (AvgIpc) is 2.94. The van der Waals surface area contributed by atoms with Gasteiger partial charge in [-0.1, -0.05) is 5.53 Å². The molecule has 0 radical (unpaired) electrons. The molecule has 1 heterocycles. The van der Waals surface area contributed by atoms with E-state index in [1.165, 1.54) is 11.9 Å².